The molecule has 2 fully saturated rings. The third-order valence-corrected chi connectivity index (χ3v) is 3.86. The standard InChI is InChI=1S/C13H25N3O.ClH/c14-12-6-5-7-15(10-12)11-13(17)16-8-3-1-2-4-9-16;/h12H,1-11,14H2;1H. The number of nitrogens with two attached hydrogens (primary N) is 1. The Labute approximate surface area is 116 Å². The van der Waals surface area contributed by atoms with Gasteiger partial charge in [0.1, 0.15) is 0 Å². The summed E-state index contributed by atoms with van der Waals surface area (Å²) in [5, 5.41) is 0. The molecule has 0 radical (unpaired) electrons. The highest BCUT2D eigenvalue weighted by Gasteiger charge is 2.22. The molecule has 0 aliphatic carbocycles. The molecule has 5 heteroatoms. The van der Waals surface area contributed by atoms with Gasteiger partial charge in [-0.3, -0.25) is 9.69 Å². The molecule has 0 aromatic rings. The number of nitrogens with zero attached hydrogens (tertiary/aromatic N) is 2. The summed E-state index contributed by atoms with van der Waals surface area (Å²) in [6, 6.07) is 0.265. The molecule has 1 amide bonds. The lowest BCUT2D eigenvalue weighted by molar-refractivity contribution is -0.132. The van der Waals surface area contributed by atoms with Crippen LogP contribution < -0.4 is 5.73 Å². The van der Waals surface area contributed by atoms with Crippen LogP contribution in [0.25, 0.3) is 0 Å². The van der Waals surface area contributed by atoms with Crippen molar-refractivity contribution in [3.8, 4) is 0 Å². The van der Waals surface area contributed by atoms with E-state index in [-0.39, 0.29) is 18.4 Å². The molecule has 0 saturated carbocycles. The Hall–Kier alpha value is -0.320. The molecule has 0 spiro atoms. The number of hydrogen-bond donors (Lipinski definition) is 1. The lowest BCUT2D eigenvalue weighted by Crippen LogP contribution is -2.48. The molecule has 0 aromatic heterocycles. The molecular weight excluding hydrogens is 250 g/mol. The second-order valence-electron chi connectivity index (χ2n) is 5.43. The molecule has 1 atom stereocenters. The van der Waals surface area contributed by atoms with Gasteiger partial charge in [-0.05, 0) is 32.2 Å². The lowest BCUT2D eigenvalue weighted by atomic mass is 10.1. The van der Waals surface area contributed by atoms with Gasteiger partial charge in [-0.15, -0.1) is 12.4 Å². The number of carbonyl (C=O) groups is 1. The van der Waals surface area contributed by atoms with E-state index in [0.717, 1.165) is 39.0 Å². The molecule has 2 rings (SSSR count). The van der Waals surface area contributed by atoms with Gasteiger partial charge in [-0.1, -0.05) is 12.8 Å². The second kappa shape index (κ2) is 7.97. The van der Waals surface area contributed by atoms with Gasteiger partial charge in [0.15, 0.2) is 0 Å². The molecule has 1 unspecified atom stereocenters. The fourth-order valence-corrected chi connectivity index (χ4v) is 2.85. The number of hydrogen-bond acceptors (Lipinski definition) is 3. The van der Waals surface area contributed by atoms with E-state index in [2.05, 4.69) is 4.90 Å². The number of piperidine rings is 1. The second-order valence-corrected chi connectivity index (χ2v) is 5.43. The molecule has 2 aliphatic rings. The summed E-state index contributed by atoms with van der Waals surface area (Å²) >= 11 is 0. The van der Waals surface area contributed by atoms with E-state index in [1.165, 1.54) is 25.7 Å². The Balaban J connectivity index is 0.00000162. The predicted molar refractivity (Wildman–Crippen MR) is 75.9 cm³/mol. The first-order chi connectivity index (χ1) is 8.25. The van der Waals surface area contributed by atoms with Crippen LogP contribution in [0.2, 0.25) is 0 Å². The van der Waals surface area contributed by atoms with Gasteiger partial charge in [0.2, 0.25) is 5.91 Å². The Morgan fingerprint density at radius 3 is 2.33 bits per heavy atom. The highest BCUT2D eigenvalue weighted by Crippen LogP contribution is 2.12. The average molecular weight is 276 g/mol. The minimum atomic E-state index is 0. The van der Waals surface area contributed by atoms with Gasteiger partial charge in [-0.25, -0.2) is 0 Å². The first-order valence-corrected chi connectivity index (χ1v) is 7.01. The van der Waals surface area contributed by atoms with Gasteiger partial charge in [0.25, 0.3) is 0 Å². The zero-order valence-electron chi connectivity index (χ0n) is 11.1. The minimum absolute atomic E-state index is 0. The molecule has 0 bridgehead atoms. The van der Waals surface area contributed by atoms with E-state index < -0.39 is 0 Å². The van der Waals surface area contributed by atoms with E-state index in [1.807, 2.05) is 4.90 Å². The van der Waals surface area contributed by atoms with Crippen molar-refractivity contribution in [2.45, 2.75) is 44.6 Å². The molecule has 2 N–H and O–H groups in total. The number of halogens is 1. The normalized spacial score (nSPS) is 26.3. The summed E-state index contributed by atoms with van der Waals surface area (Å²) in [6.45, 7) is 4.41. The largest absolute Gasteiger partial charge is 0.342 e. The van der Waals surface area contributed by atoms with Crippen molar-refractivity contribution in [2.24, 2.45) is 5.73 Å². The predicted octanol–water partition coefficient (Wildman–Crippen LogP) is 1.23. The maximum atomic E-state index is 12.2. The topological polar surface area (TPSA) is 49.6 Å². The SMILES string of the molecule is Cl.NC1CCCN(CC(=O)N2CCCCCC2)C1. The number of likely N-dealkylation sites (tertiary alicyclic amines) is 2. The quantitative estimate of drug-likeness (QED) is 0.825. The van der Waals surface area contributed by atoms with Gasteiger partial charge in [0.05, 0.1) is 6.54 Å². The highest BCUT2D eigenvalue weighted by atomic mass is 35.5. The average Bonchev–Trinajstić information content (AvgIpc) is 2.57. The summed E-state index contributed by atoms with van der Waals surface area (Å²) in [4.78, 5) is 16.4. The van der Waals surface area contributed by atoms with Gasteiger partial charge < -0.3 is 10.6 Å². The summed E-state index contributed by atoms with van der Waals surface area (Å²) < 4.78 is 0. The maximum absolute atomic E-state index is 12.2. The van der Waals surface area contributed by atoms with Crippen LogP contribution in [0.15, 0.2) is 0 Å². The Morgan fingerprint density at radius 2 is 1.72 bits per heavy atom. The summed E-state index contributed by atoms with van der Waals surface area (Å²) in [6.07, 6.45) is 7.14. The summed E-state index contributed by atoms with van der Waals surface area (Å²) in [5.74, 6) is 0.306. The summed E-state index contributed by atoms with van der Waals surface area (Å²) in [7, 11) is 0. The zero-order chi connectivity index (χ0) is 12.1. The maximum Gasteiger partial charge on any atom is 0.236 e. The number of carbonyl (C=O) groups excluding carboxylic acids is 1. The van der Waals surface area contributed by atoms with E-state index in [1.54, 1.807) is 0 Å². The van der Waals surface area contributed by atoms with Gasteiger partial charge >= 0.3 is 0 Å². The van der Waals surface area contributed by atoms with Crippen molar-refractivity contribution < 1.29 is 4.79 Å². The highest BCUT2D eigenvalue weighted by molar-refractivity contribution is 5.85. The third kappa shape index (κ3) is 4.75. The monoisotopic (exact) mass is 275 g/mol. The van der Waals surface area contributed by atoms with Crippen molar-refractivity contribution in [1.82, 2.24) is 9.80 Å². The lowest BCUT2D eigenvalue weighted by Gasteiger charge is -2.32. The van der Waals surface area contributed by atoms with Crippen LogP contribution in [0, 0.1) is 0 Å². The molecule has 2 heterocycles. The fraction of sp³-hybridized carbons (Fsp3) is 0.923. The van der Waals surface area contributed by atoms with Crippen LogP contribution >= 0.6 is 12.4 Å². The molecule has 18 heavy (non-hydrogen) atoms. The van der Waals surface area contributed by atoms with E-state index in [4.69, 9.17) is 5.73 Å². The smallest absolute Gasteiger partial charge is 0.236 e. The molecule has 4 nitrogen and oxygen atoms in total. The third-order valence-electron chi connectivity index (χ3n) is 3.86. The van der Waals surface area contributed by atoms with Gasteiger partial charge in [0, 0.05) is 25.7 Å². The first-order valence-electron chi connectivity index (χ1n) is 7.01. The first kappa shape index (κ1) is 15.7. The van der Waals surface area contributed by atoms with Gasteiger partial charge in [-0.2, -0.15) is 0 Å². The molecule has 106 valence electrons. The van der Waals surface area contributed by atoms with Crippen molar-refractivity contribution in [2.75, 3.05) is 32.7 Å². The van der Waals surface area contributed by atoms with Crippen LogP contribution in [-0.4, -0.2) is 54.5 Å². The zero-order valence-corrected chi connectivity index (χ0v) is 12.0. The van der Waals surface area contributed by atoms with Crippen molar-refractivity contribution in [1.29, 1.82) is 0 Å². The molecule has 0 aromatic carbocycles. The molecular formula is C13H26ClN3O. The Kier molecular flexibility index (Phi) is 6.97. The summed E-state index contributed by atoms with van der Waals surface area (Å²) in [5.41, 5.74) is 5.94. The number of amides is 1. The van der Waals surface area contributed by atoms with Crippen LogP contribution in [0.1, 0.15) is 38.5 Å². The fourth-order valence-electron chi connectivity index (χ4n) is 2.85. The van der Waals surface area contributed by atoms with Crippen molar-refractivity contribution in [3.63, 3.8) is 0 Å². The van der Waals surface area contributed by atoms with Crippen molar-refractivity contribution in [3.05, 3.63) is 0 Å². The van der Waals surface area contributed by atoms with Crippen LogP contribution in [-0.2, 0) is 4.79 Å². The molecule has 2 aliphatic heterocycles. The van der Waals surface area contributed by atoms with E-state index >= 15 is 0 Å². The van der Waals surface area contributed by atoms with Crippen LogP contribution in [0.3, 0.4) is 0 Å². The molecule has 2 saturated heterocycles. The Morgan fingerprint density at radius 1 is 1.06 bits per heavy atom. The van der Waals surface area contributed by atoms with Crippen LogP contribution in [0.5, 0.6) is 0 Å². The number of rotatable bonds is 2. The van der Waals surface area contributed by atoms with E-state index in [9.17, 15) is 4.79 Å². The van der Waals surface area contributed by atoms with E-state index in [0.29, 0.717) is 12.5 Å². The minimum Gasteiger partial charge on any atom is -0.342 e. The van der Waals surface area contributed by atoms with Crippen molar-refractivity contribution >= 4 is 18.3 Å². The Bertz CT molecular complexity index is 255. The van der Waals surface area contributed by atoms with Crippen LogP contribution in [0.4, 0.5) is 0 Å².